The number of hydrogen-bond acceptors (Lipinski definition) is 4. The average molecular weight is 362 g/mol. The fourth-order valence-corrected chi connectivity index (χ4v) is 4.14. The highest BCUT2D eigenvalue weighted by Crippen LogP contribution is 2.19. The molecule has 0 spiro atoms. The van der Waals surface area contributed by atoms with Gasteiger partial charge in [0.25, 0.3) is 0 Å². The van der Waals surface area contributed by atoms with E-state index in [-0.39, 0.29) is 0 Å². The molecule has 2 saturated heterocycles. The summed E-state index contributed by atoms with van der Waals surface area (Å²) in [5.41, 5.74) is 0. The van der Waals surface area contributed by atoms with Gasteiger partial charge in [-0.25, -0.2) is 4.98 Å². The molecule has 0 N–H and O–H groups in total. The Labute approximate surface area is 158 Å². The minimum Gasteiger partial charge on any atom is -0.343 e. The van der Waals surface area contributed by atoms with Crippen molar-refractivity contribution in [2.75, 3.05) is 46.3 Å². The van der Waals surface area contributed by atoms with E-state index in [1.54, 1.807) is 0 Å². The Morgan fingerprint density at radius 1 is 1.15 bits per heavy atom. The number of amides is 1. The van der Waals surface area contributed by atoms with Gasteiger partial charge < -0.3 is 14.4 Å². The van der Waals surface area contributed by atoms with Crippen LogP contribution in [0.5, 0.6) is 0 Å². The number of rotatable bonds is 7. The number of imidazole rings is 1. The van der Waals surface area contributed by atoms with Crippen molar-refractivity contribution >= 4 is 5.91 Å². The van der Waals surface area contributed by atoms with Gasteiger partial charge in [0.05, 0.1) is 0 Å². The van der Waals surface area contributed by atoms with Gasteiger partial charge >= 0.3 is 0 Å². The van der Waals surface area contributed by atoms with E-state index in [4.69, 9.17) is 0 Å². The zero-order valence-electron chi connectivity index (χ0n) is 16.6. The summed E-state index contributed by atoms with van der Waals surface area (Å²) < 4.78 is 2.20. The lowest BCUT2D eigenvalue weighted by Crippen LogP contribution is -2.53. The molecule has 3 rings (SSSR count). The van der Waals surface area contributed by atoms with Gasteiger partial charge in [-0.3, -0.25) is 9.69 Å². The second-order valence-corrected chi connectivity index (χ2v) is 7.84. The van der Waals surface area contributed by atoms with Gasteiger partial charge in [-0.15, -0.1) is 0 Å². The van der Waals surface area contributed by atoms with Crippen molar-refractivity contribution in [2.45, 2.75) is 58.0 Å². The fourth-order valence-electron chi connectivity index (χ4n) is 4.14. The SMILES string of the molecule is CCCCn1ccnc1CCC(=O)N1CCC(N2CCN(C)CC2)CC1. The maximum Gasteiger partial charge on any atom is 0.223 e. The summed E-state index contributed by atoms with van der Waals surface area (Å²) in [6.07, 6.45) is 9.83. The largest absolute Gasteiger partial charge is 0.343 e. The number of likely N-dealkylation sites (N-methyl/N-ethyl adjacent to an activating group) is 1. The topological polar surface area (TPSA) is 44.6 Å². The number of nitrogens with zero attached hydrogens (tertiary/aromatic N) is 5. The fraction of sp³-hybridized carbons (Fsp3) is 0.800. The first-order valence-electron chi connectivity index (χ1n) is 10.4. The Kier molecular flexibility index (Phi) is 7.08. The Bertz CT molecular complexity index is 556. The number of carbonyl (C=O) groups is 1. The van der Waals surface area contributed by atoms with E-state index in [0.29, 0.717) is 18.4 Å². The Balaban J connectivity index is 1.40. The molecule has 6 nitrogen and oxygen atoms in total. The van der Waals surface area contributed by atoms with Crippen LogP contribution in [0, 0.1) is 0 Å². The van der Waals surface area contributed by atoms with Crippen molar-refractivity contribution in [3.63, 3.8) is 0 Å². The maximum atomic E-state index is 12.6. The lowest BCUT2D eigenvalue weighted by atomic mass is 10.0. The van der Waals surface area contributed by atoms with Crippen LogP contribution in [0.25, 0.3) is 0 Å². The van der Waals surface area contributed by atoms with Gasteiger partial charge in [-0.05, 0) is 26.3 Å². The summed E-state index contributed by atoms with van der Waals surface area (Å²) in [6.45, 7) is 9.74. The second-order valence-electron chi connectivity index (χ2n) is 7.84. The smallest absolute Gasteiger partial charge is 0.223 e. The Hall–Kier alpha value is -1.40. The number of likely N-dealkylation sites (tertiary alicyclic amines) is 1. The molecular formula is C20H35N5O. The standard InChI is InChI=1S/C20H35N5O/c1-3-4-10-24-13-9-21-19(24)5-6-20(26)25-11-7-18(8-12-25)23-16-14-22(2)15-17-23/h9,13,18H,3-8,10-12,14-17H2,1-2H3. The van der Waals surface area contributed by atoms with Crippen LogP contribution < -0.4 is 0 Å². The van der Waals surface area contributed by atoms with Crippen LogP contribution in [0.15, 0.2) is 12.4 Å². The van der Waals surface area contributed by atoms with Crippen molar-refractivity contribution in [1.29, 1.82) is 0 Å². The molecule has 1 aromatic heterocycles. The third-order valence-electron chi connectivity index (χ3n) is 5.99. The highest BCUT2D eigenvalue weighted by molar-refractivity contribution is 5.76. The summed E-state index contributed by atoms with van der Waals surface area (Å²) >= 11 is 0. The number of piperazine rings is 1. The lowest BCUT2D eigenvalue weighted by molar-refractivity contribution is -0.132. The third-order valence-corrected chi connectivity index (χ3v) is 5.99. The summed E-state index contributed by atoms with van der Waals surface area (Å²) in [4.78, 5) is 24.2. The molecule has 1 amide bonds. The van der Waals surface area contributed by atoms with Crippen LogP contribution in [-0.4, -0.2) is 82.5 Å². The molecule has 0 saturated carbocycles. The molecule has 0 aliphatic carbocycles. The van der Waals surface area contributed by atoms with Crippen molar-refractivity contribution in [3.05, 3.63) is 18.2 Å². The monoisotopic (exact) mass is 361 g/mol. The molecule has 26 heavy (non-hydrogen) atoms. The van der Waals surface area contributed by atoms with Gasteiger partial charge in [0.1, 0.15) is 5.82 Å². The van der Waals surface area contributed by atoms with Crippen molar-refractivity contribution in [3.8, 4) is 0 Å². The van der Waals surface area contributed by atoms with Crippen molar-refractivity contribution in [2.24, 2.45) is 0 Å². The van der Waals surface area contributed by atoms with Crippen LogP contribution in [-0.2, 0) is 17.8 Å². The van der Waals surface area contributed by atoms with E-state index >= 15 is 0 Å². The highest BCUT2D eigenvalue weighted by atomic mass is 16.2. The van der Waals surface area contributed by atoms with E-state index in [1.165, 1.54) is 32.6 Å². The molecule has 2 aliphatic rings. The summed E-state index contributed by atoms with van der Waals surface area (Å²) in [5, 5.41) is 0. The van der Waals surface area contributed by atoms with Crippen LogP contribution in [0.1, 0.15) is 44.9 Å². The summed E-state index contributed by atoms with van der Waals surface area (Å²) in [6, 6.07) is 0.667. The molecule has 0 unspecified atom stereocenters. The first-order chi connectivity index (χ1) is 12.7. The molecule has 3 heterocycles. The molecule has 0 atom stereocenters. The predicted molar refractivity (Wildman–Crippen MR) is 104 cm³/mol. The van der Waals surface area contributed by atoms with E-state index in [9.17, 15) is 4.79 Å². The third kappa shape index (κ3) is 5.07. The van der Waals surface area contributed by atoms with E-state index in [1.807, 2.05) is 12.4 Å². The van der Waals surface area contributed by atoms with E-state index < -0.39 is 0 Å². The molecule has 2 aliphatic heterocycles. The number of aromatic nitrogens is 2. The van der Waals surface area contributed by atoms with Crippen molar-refractivity contribution in [1.82, 2.24) is 24.3 Å². The molecule has 0 aromatic carbocycles. The lowest BCUT2D eigenvalue weighted by Gasteiger charge is -2.42. The summed E-state index contributed by atoms with van der Waals surface area (Å²) in [7, 11) is 2.20. The van der Waals surface area contributed by atoms with Gasteiger partial charge in [0, 0.05) is 77.1 Å². The number of piperidine rings is 1. The number of hydrogen-bond donors (Lipinski definition) is 0. The molecule has 0 bridgehead atoms. The highest BCUT2D eigenvalue weighted by Gasteiger charge is 2.28. The number of unbranched alkanes of at least 4 members (excludes halogenated alkanes) is 1. The molecule has 2 fully saturated rings. The summed E-state index contributed by atoms with van der Waals surface area (Å²) in [5.74, 6) is 1.35. The van der Waals surface area contributed by atoms with Crippen molar-refractivity contribution < 1.29 is 4.79 Å². The Morgan fingerprint density at radius 2 is 1.88 bits per heavy atom. The Morgan fingerprint density at radius 3 is 2.58 bits per heavy atom. The number of carbonyl (C=O) groups excluding carboxylic acids is 1. The molecule has 146 valence electrons. The quantitative estimate of drug-likeness (QED) is 0.744. The average Bonchev–Trinajstić information content (AvgIpc) is 3.12. The maximum absolute atomic E-state index is 12.6. The molecule has 1 aromatic rings. The molecule has 0 radical (unpaired) electrons. The zero-order valence-corrected chi connectivity index (χ0v) is 16.6. The minimum atomic E-state index is 0.298. The predicted octanol–water partition coefficient (Wildman–Crippen LogP) is 1.85. The van der Waals surface area contributed by atoms with Crippen LogP contribution >= 0.6 is 0 Å². The minimum absolute atomic E-state index is 0.298. The van der Waals surface area contributed by atoms with Gasteiger partial charge in [0.2, 0.25) is 5.91 Å². The zero-order chi connectivity index (χ0) is 18.4. The van der Waals surface area contributed by atoms with Crippen LogP contribution in [0.4, 0.5) is 0 Å². The molecule has 6 heteroatoms. The number of aryl methyl sites for hydroxylation is 2. The van der Waals surface area contributed by atoms with Crippen LogP contribution in [0.2, 0.25) is 0 Å². The van der Waals surface area contributed by atoms with Gasteiger partial charge in [-0.2, -0.15) is 0 Å². The van der Waals surface area contributed by atoms with E-state index in [2.05, 4.69) is 38.2 Å². The first kappa shape index (κ1) is 19.4. The second kappa shape index (κ2) is 9.51. The van der Waals surface area contributed by atoms with E-state index in [0.717, 1.165) is 51.1 Å². The first-order valence-corrected chi connectivity index (χ1v) is 10.4. The normalized spacial score (nSPS) is 20.6. The van der Waals surface area contributed by atoms with Gasteiger partial charge in [-0.1, -0.05) is 13.3 Å². The van der Waals surface area contributed by atoms with Crippen LogP contribution in [0.3, 0.4) is 0 Å². The van der Waals surface area contributed by atoms with Gasteiger partial charge in [0.15, 0.2) is 0 Å². The molecular weight excluding hydrogens is 326 g/mol.